The smallest absolute Gasteiger partial charge is 0.340 e. The Morgan fingerprint density at radius 3 is 2.20 bits per heavy atom. The van der Waals surface area contributed by atoms with E-state index in [-0.39, 0.29) is 46.4 Å². The van der Waals surface area contributed by atoms with Gasteiger partial charge in [0.15, 0.2) is 0 Å². The number of hydrogen-bond acceptors (Lipinski definition) is 6. The zero-order valence-corrected chi connectivity index (χ0v) is 23.0. The highest BCUT2D eigenvalue weighted by atomic mass is 32.2. The van der Waals surface area contributed by atoms with E-state index in [2.05, 4.69) is 4.72 Å². The molecule has 3 aromatic carbocycles. The molecule has 0 bridgehead atoms. The lowest BCUT2D eigenvalue weighted by molar-refractivity contribution is 0.0699. The number of carboxylic acids is 1. The second-order valence-corrected chi connectivity index (χ2v) is 12.7. The summed E-state index contributed by atoms with van der Waals surface area (Å²) in [7, 11) is -3.68. The Morgan fingerprint density at radius 1 is 0.951 bits per heavy atom. The highest BCUT2D eigenvalue weighted by molar-refractivity contribution is 7.92. The number of halogens is 1. The van der Waals surface area contributed by atoms with Crippen molar-refractivity contribution >= 4 is 32.6 Å². The predicted molar refractivity (Wildman–Crippen MR) is 152 cm³/mol. The number of fused-ring (bicyclic) bond motifs is 1. The van der Waals surface area contributed by atoms with Crippen molar-refractivity contribution in [3.8, 4) is 22.8 Å². The van der Waals surface area contributed by atoms with Crippen LogP contribution in [-0.2, 0) is 10.0 Å². The third-order valence-electron chi connectivity index (χ3n) is 7.79. The molecular weight excluding hydrogens is 549 g/mol. The maximum absolute atomic E-state index is 13.2. The fraction of sp³-hybridized carbons (Fsp3) is 0.323. The number of aliphatic hydroxyl groups is 1. The van der Waals surface area contributed by atoms with Crippen molar-refractivity contribution in [2.45, 2.75) is 50.5 Å². The summed E-state index contributed by atoms with van der Waals surface area (Å²) in [6.07, 6.45) is 3.95. The van der Waals surface area contributed by atoms with Crippen LogP contribution in [0, 0.1) is 11.7 Å². The molecule has 2 fully saturated rings. The molecule has 0 amide bonds. The van der Waals surface area contributed by atoms with Crippen LogP contribution in [0.1, 0.15) is 60.4 Å². The average Bonchev–Trinajstić information content (AvgIpc) is 3.71. The lowest BCUT2D eigenvalue weighted by atomic mass is 9.89. The predicted octanol–water partition coefficient (Wildman–Crippen LogP) is 6.90. The molecule has 6 rings (SSSR count). The number of benzene rings is 3. The second kappa shape index (κ2) is 10.8. The molecule has 41 heavy (non-hydrogen) atoms. The number of aliphatic hydroxyl groups excluding tert-OH is 1. The molecule has 2 aliphatic rings. The van der Waals surface area contributed by atoms with Gasteiger partial charge >= 0.3 is 5.97 Å². The van der Waals surface area contributed by atoms with Crippen molar-refractivity contribution in [1.29, 1.82) is 0 Å². The monoisotopic (exact) mass is 579 g/mol. The Labute approximate surface area is 236 Å². The second-order valence-electron chi connectivity index (χ2n) is 11.0. The molecule has 0 atom stereocenters. The van der Waals surface area contributed by atoms with Gasteiger partial charge < -0.3 is 19.4 Å². The summed E-state index contributed by atoms with van der Waals surface area (Å²) in [6.45, 7) is 0. The molecule has 10 heteroatoms. The first-order valence-corrected chi connectivity index (χ1v) is 15.4. The Bertz CT molecular complexity index is 1690. The lowest BCUT2D eigenvalue weighted by Gasteiger charge is -2.25. The molecule has 0 unspecified atom stereocenters. The summed E-state index contributed by atoms with van der Waals surface area (Å²) in [6, 6.07) is 15.6. The number of carbonyl (C=O) groups is 1. The Balaban J connectivity index is 1.31. The quantitative estimate of drug-likeness (QED) is 0.197. The number of carboxylic acid groups (broad SMARTS) is 1. The van der Waals surface area contributed by atoms with Gasteiger partial charge in [-0.25, -0.2) is 17.6 Å². The zero-order valence-electron chi connectivity index (χ0n) is 22.2. The Morgan fingerprint density at radius 2 is 1.59 bits per heavy atom. The first kappa shape index (κ1) is 27.3. The molecule has 0 radical (unpaired) electrons. The van der Waals surface area contributed by atoms with Gasteiger partial charge in [-0.05, 0) is 111 Å². The van der Waals surface area contributed by atoms with Crippen molar-refractivity contribution in [3.05, 3.63) is 77.6 Å². The highest BCUT2D eigenvalue weighted by Gasteiger charge is 2.32. The normalized spacial score (nSPS) is 19.3. The van der Waals surface area contributed by atoms with Crippen molar-refractivity contribution in [2.75, 3.05) is 10.5 Å². The van der Waals surface area contributed by atoms with Gasteiger partial charge in [0, 0.05) is 17.0 Å². The Kier molecular flexibility index (Phi) is 7.21. The molecule has 0 spiro atoms. The van der Waals surface area contributed by atoms with Crippen LogP contribution in [0.2, 0.25) is 0 Å². The topological polar surface area (TPSA) is 126 Å². The number of aromatic carboxylic acids is 1. The first-order valence-electron chi connectivity index (χ1n) is 13.7. The molecule has 2 saturated carbocycles. The van der Waals surface area contributed by atoms with Gasteiger partial charge in [0.2, 0.25) is 10.0 Å². The van der Waals surface area contributed by atoms with Gasteiger partial charge in [-0.2, -0.15) is 0 Å². The minimum Gasteiger partial charge on any atom is -0.478 e. The van der Waals surface area contributed by atoms with Gasteiger partial charge in [0.25, 0.3) is 0 Å². The van der Waals surface area contributed by atoms with Crippen molar-refractivity contribution in [3.63, 3.8) is 0 Å². The maximum Gasteiger partial charge on any atom is 0.340 e. The number of sulfonamides is 1. The minimum atomic E-state index is -3.68. The van der Waals surface area contributed by atoms with E-state index in [0.29, 0.717) is 53.8 Å². The van der Waals surface area contributed by atoms with E-state index in [4.69, 9.17) is 9.15 Å². The zero-order chi connectivity index (χ0) is 28.7. The van der Waals surface area contributed by atoms with Crippen LogP contribution >= 0.6 is 0 Å². The summed E-state index contributed by atoms with van der Waals surface area (Å²) in [5.41, 5.74) is 1.96. The summed E-state index contributed by atoms with van der Waals surface area (Å²) in [4.78, 5) is 12.4. The first-order chi connectivity index (χ1) is 19.6. The van der Waals surface area contributed by atoms with Crippen LogP contribution in [-0.4, -0.2) is 36.5 Å². The number of rotatable bonds is 9. The summed E-state index contributed by atoms with van der Waals surface area (Å²) >= 11 is 0. The number of furan rings is 1. The van der Waals surface area contributed by atoms with Crippen molar-refractivity contribution in [1.82, 2.24) is 0 Å². The van der Waals surface area contributed by atoms with Crippen LogP contribution in [0.5, 0.6) is 11.5 Å². The summed E-state index contributed by atoms with van der Waals surface area (Å²) < 4.78 is 54.0. The number of anilines is 1. The maximum atomic E-state index is 13.2. The van der Waals surface area contributed by atoms with Crippen LogP contribution in [0.15, 0.2) is 65.1 Å². The van der Waals surface area contributed by atoms with E-state index in [1.165, 1.54) is 24.3 Å². The van der Waals surface area contributed by atoms with E-state index >= 15 is 0 Å². The van der Waals surface area contributed by atoms with E-state index in [1.54, 1.807) is 36.4 Å². The van der Waals surface area contributed by atoms with E-state index in [0.717, 1.165) is 18.4 Å². The lowest BCUT2D eigenvalue weighted by Crippen LogP contribution is -2.27. The fourth-order valence-electron chi connectivity index (χ4n) is 5.54. The summed E-state index contributed by atoms with van der Waals surface area (Å²) in [5, 5.41) is 20.3. The molecule has 1 aromatic heterocycles. The molecule has 0 aliphatic heterocycles. The van der Waals surface area contributed by atoms with Gasteiger partial charge in [0.1, 0.15) is 34.2 Å². The van der Waals surface area contributed by atoms with Crippen molar-refractivity contribution in [2.24, 2.45) is 5.92 Å². The van der Waals surface area contributed by atoms with Crippen molar-refractivity contribution < 1.29 is 37.0 Å². The van der Waals surface area contributed by atoms with Gasteiger partial charge in [-0.15, -0.1) is 0 Å². The standard InChI is InChI=1S/C31H30FNO7S/c32-21-7-13-24(14-8-21)39-23-11-5-20(6-12-23)30-29(31(35)36)26-15-25(19-3-4-19)27(16-28(26)40-30)33-41(37,38)17-18-1-9-22(34)10-2-18/h5-8,11-16,18-19,22,33-34H,1-4,9-10,17H2,(H,35,36). The number of hydrogen-bond donors (Lipinski definition) is 3. The van der Waals surface area contributed by atoms with E-state index < -0.39 is 16.0 Å². The SMILES string of the molecule is O=C(O)c1c(-c2ccc(Oc3ccc(F)cc3)cc2)oc2cc(NS(=O)(=O)CC3CCC(O)CC3)c(C3CC3)cc12. The molecule has 3 N–H and O–H groups in total. The van der Waals surface area contributed by atoms with E-state index in [1.807, 2.05) is 0 Å². The third-order valence-corrected chi connectivity index (χ3v) is 9.24. The number of nitrogens with one attached hydrogen (secondary N) is 1. The molecular formula is C31H30FNO7S. The molecule has 2 aliphatic carbocycles. The van der Waals surface area contributed by atoms with Gasteiger partial charge in [-0.1, -0.05) is 0 Å². The molecule has 4 aromatic rings. The third kappa shape index (κ3) is 6.08. The highest BCUT2D eigenvalue weighted by Crippen LogP contribution is 2.47. The van der Waals surface area contributed by atoms with Crippen LogP contribution in [0.3, 0.4) is 0 Å². The van der Waals surface area contributed by atoms with E-state index in [9.17, 15) is 27.8 Å². The molecule has 8 nitrogen and oxygen atoms in total. The fourth-order valence-corrected chi connectivity index (χ4v) is 7.09. The van der Waals surface area contributed by atoms with Crippen LogP contribution in [0.25, 0.3) is 22.3 Å². The van der Waals surface area contributed by atoms with Crippen LogP contribution < -0.4 is 9.46 Å². The average molecular weight is 580 g/mol. The largest absolute Gasteiger partial charge is 0.478 e. The van der Waals surface area contributed by atoms with Crippen LogP contribution in [0.4, 0.5) is 10.1 Å². The molecule has 214 valence electrons. The summed E-state index contributed by atoms with van der Waals surface area (Å²) in [5.74, 6) is -0.338. The van der Waals surface area contributed by atoms with Gasteiger partial charge in [0.05, 0.1) is 17.5 Å². The minimum absolute atomic E-state index is 0.00396. The Hall–Kier alpha value is -3.89. The molecule has 1 heterocycles. The molecule has 0 saturated heterocycles. The van der Waals surface area contributed by atoms with Gasteiger partial charge in [-0.3, -0.25) is 4.72 Å². The number of ether oxygens (including phenoxy) is 1.